The van der Waals surface area contributed by atoms with Crippen molar-refractivity contribution in [3.05, 3.63) is 76.5 Å². The summed E-state index contributed by atoms with van der Waals surface area (Å²) in [4.78, 5) is 27.5. The number of para-hydroxylation sites is 1. The number of fused-ring (bicyclic) bond motifs is 1. The number of carbonyl (C=O) groups excluding carboxylic acids is 1. The first-order valence-corrected chi connectivity index (χ1v) is 10.7. The predicted molar refractivity (Wildman–Crippen MR) is 119 cm³/mol. The first-order chi connectivity index (χ1) is 15.6. The molecule has 1 unspecified atom stereocenters. The number of hydrogen-bond donors (Lipinski definition) is 0. The van der Waals surface area contributed by atoms with Gasteiger partial charge >= 0.3 is 5.69 Å². The maximum absolute atomic E-state index is 12.9. The summed E-state index contributed by atoms with van der Waals surface area (Å²) in [5.41, 5.74) is 1.47. The van der Waals surface area contributed by atoms with Gasteiger partial charge in [-0.25, -0.2) is 14.0 Å². The van der Waals surface area contributed by atoms with Crippen LogP contribution in [0.25, 0.3) is 11.8 Å². The standard InChI is InChI=1S/C24H24N4O4/c1-26-24(30)28(19-7-3-2-4-8-19)23(25-26)18-6-5-13-27(15-18)22(29)12-10-17-9-11-20-21(14-17)32-16-31-20/h2-4,7-12,14,18H,5-6,13,15-16H2,1H3/b12-10+. The van der Waals surface area contributed by atoms with Gasteiger partial charge < -0.3 is 14.4 Å². The molecule has 2 aromatic carbocycles. The fourth-order valence-electron chi connectivity index (χ4n) is 4.25. The highest BCUT2D eigenvalue weighted by atomic mass is 16.7. The lowest BCUT2D eigenvalue weighted by Crippen LogP contribution is -2.39. The van der Waals surface area contributed by atoms with Crippen LogP contribution in [0.4, 0.5) is 0 Å². The molecule has 3 aromatic rings. The van der Waals surface area contributed by atoms with Gasteiger partial charge in [0.1, 0.15) is 5.82 Å². The van der Waals surface area contributed by atoms with E-state index in [2.05, 4.69) is 5.10 Å². The van der Waals surface area contributed by atoms with Crippen molar-refractivity contribution in [1.82, 2.24) is 19.2 Å². The number of nitrogens with zero attached hydrogens (tertiary/aromatic N) is 4. The third kappa shape index (κ3) is 3.79. The summed E-state index contributed by atoms with van der Waals surface area (Å²) in [5, 5.41) is 4.52. The number of piperidine rings is 1. The van der Waals surface area contributed by atoms with E-state index in [1.165, 1.54) is 4.68 Å². The second-order valence-electron chi connectivity index (χ2n) is 8.00. The number of likely N-dealkylation sites (tertiary alicyclic amines) is 1. The summed E-state index contributed by atoms with van der Waals surface area (Å²) in [6.45, 7) is 1.43. The normalized spacial score (nSPS) is 17.8. The minimum atomic E-state index is -0.183. The molecule has 2 aliphatic heterocycles. The van der Waals surface area contributed by atoms with Crippen LogP contribution in [0.15, 0.2) is 59.4 Å². The van der Waals surface area contributed by atoms with Crippen LogP contribution in [-0.2, 0) is 11.8 Å². The molecule has 2 aliphatic rings. The Morgan fingerprint density at radius 1 is 1.12 bits per heavy atom. The average molecular weight is 432 g/mol. The molecule has 0 bridgehead atoms. The Balaban J connectivity index is 1.34. The lowest BCUT2D eigenvalue weighted by molar-refractivity contribution is -0.127. The van der Waals surface area contributed by atoms with Gasteiger partial charge in [-0.15, -0.1) is 0 Å². The fourth-order valence-corrected chi connectivity index (χ4v) is 4.25. The number of ether oxygens (including phenoxy) is 2. The fraction of sp³-hybridized carbons (Fsp3) is 0.292. The first-order valence-electron chi connectivity index (χ1n) is 10.7. The zero-order valence-corrected chi connectivity index (χ0v) is 17.8. The monoisotopic (exact) mass is 432 g/mol. The van der Waals surface area contributed by atoms with Gasteiger partial charge in [-0.3, -0.25) is 4.79 Å². The topological polar surface area (TPSA) is 78.6 Å². The van der Waals surface area contributed by atoms with Crippen LogP contribution in [0.3, 0.4) is 0 Å². The molecular formula is C24H24N4O4. The Morgan fingerprint density at radius 3 is 2.78 bits per heavy atom. The summed E-state index contributed by atoms with van der Waals surface area (Å²) >= 11 is 0. The van der Waals surface area contributed by atoms with Gasteiger partial charge in [0.25, 0.3) is 0 Å². The molecule has 32 heavy (non-hydrogen) atoms. The van der Waals surface area contributed by atoms with Crippen molar-refractivity contribution < 1.29 is 14.3 Å². The lowest BCUT2D eigenvalue weighted by Gasteiger charge is -2.31. The molecule has 3 heterocycles. The Kier molecular flexibility index (Phi) is 5.26. The Labute approximate surface area is 185 Å². The van der Waals surface area contributed by atoms with Crippen LogP contribution in [0, 0.1) is 0 Å². The van der Waals surface area contributed by atoms with Crippen LogP contribution in [0.5, 0.6) is 11.5 Å². The van der Waals surface area contributed by atoms with Crippen molar-refractivity contribution in [3.8, 4) is 17.2 Å². The van der Waals surface area contributed by atoms with E-state index >= 15 is 0 Å². The molecule has 1 aromatic heterocycles. The van der Waals surface area contributed by atoms with Crippen molar-refractivity contribution >= 4 is 12.0 Å². The largest absolute Gasteiger partial charge is 0.454 e. The van der Waals surface area contributed by atoms with Crippen LogP contribution in [0.1, 0.15) is 30.1 Å². The molecule has 0 aliphatic carbocycles. The minimum Gasteiger partial charge on any atom is -0.454 e. The highest BCUT2D eigenvalue weighted by Gasteiger charge is 2.29. The third-order valence-corrected chi connectivity index (χ3v) is 5.88. The van der Waals surface area contributed by atoms with Crippen molar-refractivity contribution in [2.75, 3.05) is 19.9 Å². The number of carbonyl (C=O) groups is 1. The summed E-state index contributed by atoms with van der Waals surface area (Å²) < 4.78 is 13.7. The molecule has 0 N–H and O–H groups in total. The summed E-state index contributed by atoms with van der Waals surface area (Å²) in [6.07, 6.45) is 5.10. The van der Waals surface area contributed by atoms with E-state index in [-0.39, 0.29) is 24.3 Å². The van der Waals surface area contributed by atoms with E-state index in [0.717, 1.165) is 24.1 Å². The molecule has 5 rings (SSSR count). The van der Waals surface area contributed by atoms with Crippen LogP contribution in [0.2, 0.25) is 0 Å². The highest BCUT2D eigenvalue weighted by molar-refractivity contribution is 5.92. The number of hydrogen-bond acceptors (Lipinski definition) is 5. The molecule has 0 spiro atoms. The van der Waals surface area contributed by atoms with Gasteiger partial charge in [0.05, 0.1) is 5.69 Å². The van der Waals surface area contributed by atoms with Crippen LogP contribution >= 0.6 is 0 Å². The van der Waals surface area contributed by atoms with Gasteiger partial charge in [0, 0.05) is 32.1 Å². The van der Waals surface area contributed by atoms with E-state index in [0.29, 0.717) is 30.4 Å². The van der Waals surface area contributed by atoms with E-state index in [9.17, 15) is 9.59 Å². The predicted octanol–water partition coefficient (Wildman–Crippen LogP) is 2.72. The zero-order chi connectivity index (χ0) is 22.1. The lowest BCUT2D eigenvalue weighted by atomic mass is 9.97. The average Bonchev–Trinajstić information content (AvgIpc) is 3.42. The maximum Gasteiger partial charge on any atom is 0.350 e. The summed E-state index contributed by atoms with van der Waals surface area (Å²) in [7, 11) is 1.66. The van der Waals surface area contributed by atoms with Gasteiger partial charge in [-0.1, -0.05) is 24.3 Å². The van der Waals surface area contributed by atoms with Crippen molar-refractivity contribution in [2.45, 2.75) is 18.8 Å². The molecule has 8 heteroatoms. The Hall–Kier alpha value is -3.81. The van der Waals surface area contributed by atoms with Crippen LogP contribution < -0.4 is 15.2 Å². The number of rotatable bonds is 4. The molecule has 0 radical (unpaired) electrons. The summed E-state index contributed by atoms with van der Waals surface area (Å²) in [6, 6.07) is 15.1. The number of aromatic nitrogens is 3. The third-order valence-electron chi connectivity index (χ3n) is 5.88. The quantitative estimate of drug-likeness (QED) is 0.593. The van der Waals surface area contributed by atoms with Gasteiger partial charge in [0.2, 0.25) is 12.7 Å². The molecule has 1 saturated heterocycles. The van der Waals surface area contributed by atoms with Crippen molar-refractivity contribution in [1.29, 1.82) is 0 Å². The SMILES string of the molecule is Cn1nc(C2CCCN(C(=O)/C=C/c3ccc4c(c3)OCO4)C2)n(-c2ccccc2)c1=O. The van der Waals surface area contributed by atoms with Gasteiger partial charge in [0.15, 0.2) is 11.5 Å². The number of aryl methyl sites for hydroxylation is 1. The van der Waals surface area contributed by atoms with Gasteiger partial charge in [-0.05, 0) is 48.7 Å². The Bertz CT molecular complexity index is 1230. The van der Waals surface area contributed by atoms with Gasteiger partial charge in [-0.2, -0.15) is 5.10 Å². The molecule has 164 valence electrons. The van der Waals surface area contributed by atoms with E-state index in [1.54, 1.807) is 23.8 Å². The zero-order valence-electron chi connectivity index (χ0n) is 17.8. The molecule has 0 saturated carbocycles. The van der Waals surface area contributed by atoms with E-state index in [4.69, 9.17) is 9.47 Å². The molecule has 1 amide bonds. The van der Waals surface area contributed by atoms with Crippen molar-refractivity contribution in [2.24, 2.45) is 7.05 Å². The maximum atomic E-state index is 12.9. The smallest absolute Gasteiger partial charge is 0.350 e. The van der Waals surface area contributed by atoms with E-state index in [1.807, 2.05) is 53.4 Å². The second kappa shape index (κ2) is 8.37. The molecule has 8 nitrogen and oxygen atoms in total. The first kappa shape index (κ1) is 20.1. The second-order valence-corrected chi connectivity index (χ2v) is 8.00. The Morgan fingerprint density at radius 2 is 1.94 bits per heavy atom. The molecule has 1 fully saturated rings. The highest BCUT2D eigenvalue weighted by Crippen LogP contribution is 2.33. The van der Waals surface area contributed by atoms with Crippen LogP contribution in [-0.4, -0.2) is 45.0 Å². The molecular weight excluding hydrogens is 408 g/mol. The minimum absolute atomic E-state index is 0.0132. The number of benzene rings is 2. The summed E-state index contributed by atoms with van der Waals surface area (Å²) in [5.74, 6) is 2.03. The van der Waals surface area contributed by atoms with E-state index < -0.39 is 0 Å². The number of amides is 1. The molecule has 1 atom stereocenters. The van der Waals surface area contributed by atoms with Crippen molar-refractivity contribution in [3.63, 3.8) is 0 Å².